The minimum absolute atomic E-state index is 0.701. The molecule has 108 valence electrons. The number of nitrogens with one attached hydrogen (secondary N) is 2. The number of hydrogen-bond donors (Lipinski definition) is 2. The second-order valence-electron chi connectivity index (χ2n) is 5.40. The lowest BCUT2D eigenvalue weighted by atomic mass is 9.98. The van der Waals surface area contributed by atoms with E-state index in [0.717, 1.165) is 37.8 Å². The molecule has 1 aliphatic rings. The average molecular weight is 291 g/mol. The summed E-state index contributed by atoms with van der Waals surface area (Å²) in [6.07, 6.45) is 3.36. The molecule has 5 nitrogen and oxygen atoms in total. The standard InChI is InChI=1S/C14H21N5S/c1-15-8-12-3-2-5-19(9-12)14-16-13(17-18-14)7-11-4-6-20-10-11/h4,6,10,12,15H,2-3,5,7-9H2,1H3,(H,16,17,18). The molecule has 2 N–H and O–H groups in total. The van der Waals surface area contributed by atoms with Crippen LogP contribution in [0.25, 0.3) is 0 Å². The van der Waals surface area contributed by atoms with Crippen LogP contribution in [0.3, 0.4) is 0 Å². The molecule has 20 heavy (non-hydrogen) atoms. The van der Waals surface area contributed by atoms with Gasteiger partial charge in [0.25, 0.3) is 0 Å². The van der Waals surface area contributed by atoms with Crippen LogP contribution in [0.1, 0.15) is 24.2 Å². The quantitative estimate of drug-likeness (QED) is 0.883. The van der Waals surface area contributed by atoms with Crippen LogP contribution in [0, 0.1) is 5.92 Å². The van der Waals surface area contributed by atoms with Gasteiger partial charge in [0.2, 0.25) is 5.95 Å². The summed E-state index contributed by atoms with van der Waals surface area (Å²) in [4.78, 5) is 6.95. The fourth-order valence-corrected chi connectivity index (χ4v) is 3.46. The monoisotopic (exact) mass is 291 g/mol. The van der Waals surface area contributed by atoms with Crippen LogP contribution in [0.5, 0.6) is 0 Å². The Kier molecular flexibility index (Phi) is 4.32. The first-order valence-corrected chi connectivity index (χ1v) is 8.11. The Hall–Kier alpha value is -1.40. The first-order valence-electron chi connectivity index (χ1n) is 7.17. The molecule has 1 unspecified atom stereocenters. The summed E-state index contributed by atoms with van der Waals surface area (Å²) in [6, 6.07) is 2.14. The molecule has 2 aromatic rings. The lowest BCUT2D eigenvalue weighted by Crippen LogP contribution is -2.39. The summed E-state index contributed by atoms with van der Waals surface area (Å²) in [7, 11) is 2.02. The van der Waals surface area contributed by atoms with Crippen LogP contribution in [0.2, 0.25) is 0 Å². The molecule has 6 heteroatoms. The third kappa shape index (κ3) is 3.19. The lowest BCUT2D eigenvalue weighted by molar-refractivity contribution is 0.399. The first kappa shape index (κ1) is 13.6. The molecular weight excluding hydrogens is 270 g/mol. The van der Waals surface area contributed by atoms with Gasteiger partial charge in [0.15, 0.2) is 0 Å². The van der Waals surface area contributed by atoms with Gasteiger partial charge in [-0.1, -0.05) is 0 Å². The average Bonchev–Trinajstić information content (AvgIpc) is 3.12. The van der Waals surface area contributed by atoms with Crippen LogP contribution >= 0.6 is 11.3 Å². The summed E-state index contributed by atoms with van der Waals surface area (Å²) < 4.78 is 0. The van der Waals surface area contributed by atoms with E-state index in [1.807, 2.05) is 7.05 Å². The van der Waals surface area contributed by atoms with Crippen molar-refractivity contribution in [1.29, 1.82) is 0 Å². The van der Waals surface area contributed by atoms with E-state index in [1.165, 1.54) is 18.4 Å². The molecular formula is C14H21N5S. The SMILES string of the molecule is CNCC1CCCN(c2n[nH]c(Cc3ccsc3)n2)C1. The summed E-state index contributed by atoms with van der Waals surface area (Å²) in [6.45, 7) is 3.19. The van der Waals surface area contributed by atoms with Crippen molar-refractivity contribution in [1.82, 2.24) is 20.5 Å². The smallest absolute Gasteiger partial charge is 0.244 e. The molecule has 0 radical (unpaired) electrons. The Morgan fingerprint density at radius 3 is 3.30 bits per heavy atom. The highest BCUT2D eigenvalue weighted by Gasteiger charge is 2.22. The number of anilines is 1. The Labute approximate surface area is 123 Å². The Bertz CT molecular complexity index is 519. The second-order valence-corrected chi connectivity index (χ2v) is 6.18. The topological polar surface area (TPSA) is 56.8 Å². The van der Waals surface area contributed by atoms with Crippen LogP contribution in [-0.4, -0.2) is 41.9 Å². The van der Waals surface area contributed by atoms with Gasteiger partial charge in [-0.2, -0.15) is 16.3 Å². The molecule has 0 saturated carbocycles. The zero-order chi connectivity index (χ0) is 13.8. The van der Waals surface area contributed by atoms with Crippen molar-refractivity contribution >= 4 is 17.3 Å². The fourth-order valence-electron chi connectivity index (χ4n) is 2.79. The Balaban J connectivity index is 1.63. The van der Waals surface area contributed by atoms with Gasteiger partial charge in [-0.05, 0) is 54.7 Å². The number of piperidine rings is 1. The molecule has 2 aromatic heterocycles. The molecule has 0 aromatic carbocycles. The van der Waals surface area contributed by atoms with Gasteiger partial charge in [0.05, 0.1) is 0 Å². The third-order valence-electron chi connectivity index (χ3n) is 3.77. The van der Waals surface area contributed by atoms with Gasteiger partial charge < -0.3 is 10.2 Å². The van der Waals surface area contributed by atoms with Crippen LogP contribution in [-0.2, 0) is 6.42 Å². The number of hydrogen-bond acceptors (Lipinski definition) is 5. The highest BCUT2D eigenvalue weighted by Crippen LogP contribution is 2.20. The highest BCUT2D eigenvalue weighted by molar-refractivity contribution is 7.07. The largest absolute Gasteiger partial charge is 0.339 e. The Morgan fingerprint density at radius 1 is 1.55 bits per heavy atom. The number of rotatable bonds is 5. The van der Waals surface area contributed by atoms with E-state index in [4.69, 9.17) is 0 Å². The van der Waals surface area contributed by atoms with Crippen molar-refractivity contribution in [3.8, 4) is 0 Å². The van der Waals surface area contributed by atoms with Crippen molar-refractivity contribution < 1.29 is 0 Å². The first-order chi connectivity index (χ1) is 9.85. The van der Waals surface area contributed by atoms with E-state index in [-0.39, 0.29) is 0 Å². The highest BCUT2D eigenvalue weighted by atomic mass is 32.1. The van der Waals surface area contributed by atoms with Gasteiger partial charge in [-0.25, -0.2) is 0 Å². The van der Waals surface area contributed by atoms with E-state index >= 15 is 0 Å². The van der Waals surface area contributed by atoms with Gasteiger partial charge in [-0.3, -0.25) is 5.10 Å². The maximum atomic E-state index is 4.65. The molecule has 0 bridgehead atoms. The van der Waals surface area contributed by atoms with Crippen molar-refractivity contribution in [2.75, 3.05) is 31.6 Å². The summed E-state index contributed by atoms with van der Waals surface area (Å²) >= 11 is 1.72. The van der Waals surface area contributed by atoms with Gasteiger partial charge in [0, 0.05) is 19.5 Å². The lowest BCUT2D eigenvalue weighted by Gasteiger charge is -2.31. The summed E-state index contributed by atoms with van der Waals surface area (Å²) in [5.41, 5.74) is 1.30. The Morgan fingerprint density at radius 2 is 2.50 bits per heavy atom. The molecule has 0 spiro atoms. The predicted octanol–water partition coefficient (Wildman–Crippen LogP) is 1.89. The van der Waals surface area contributed by atoms with E-state index in [0.29, 0.717) is 5.92 Å². The predicted molar refractivity (Wildman–Crippen MR) is 82.4 cm³/mol. The maximum Gasteiger partial charge on any atom is 0.244 e. The molecule has 1 atom stereocenters. The van der Waals surface area contributed by atoms with E-state index in [1.54, 1.807) is 11.3 Å². The molecule has 3 heterocycles. The summed E-state index contributed by atoms with van der Waals surface area (Å²) in [5, 5.41) is 15.0. The van der Waals surface area contributed by atoms with Crippen LogP contribution in [0.4, 0.5) is 5.95 Å². The molecule has 0 amide bonds. The zero-order valence-electron chi connectivity index (χ0n) is 11.8. The number of H-pyrrole nitrogens is 1. The van der Waals surface area contributed by atoms with E-state index in [2.05, 4.69) is 42.2 Å². The van der Waals surface area contributed by atoms with E-state index in [9.17, 15) is 0 Å². The molecule has 0 aliphatic carbocycles. The number of aromatic amines is 1. The second kappa shape index (κ2) is 6.37. The number of nitrogens with zero attached hydrogens (tertiary/aromatic N) is 3. The van der Waals surface area contributed by atoms with Crippen LogP contribution in [0.15, 0.2) is 16.8 Å². The van der Waals surface area contributed by atoms with Crippen molar-refractivity contribution in [2.24, 2.45) is 5.92 Å². The summed E-state index contributed by atoms with van der Waals surface area (Å²) in [5.74, 6) is 2.51. The molecule has 1 fully saturated rings. The zero-order valence-corrected chi connectivity index (χ0v) is 12.6. The fraction of sp³-hybridized carbons (Fsp3) is 0.571. The van der Waals surface area contributed by atoms with Crippen molar-refractivity contribution in [2.45, 2.75) is 19.3 Å². The van der Waals surface area contributed by atoms with Crippen molar-refractivity contribution in [3.05, 3.63) is 28.2 Å². The molecule has 1 aliphatic heterocycles. The van der Waals surface area contributed by atoms with E-state index < -0.39 is 0 Å². The number of aromatic nitrogens is 3. The third-order valence-corrected chi connectivity index (χ3v) is 4.50. The van der Waals surface area contributed by atoms with Gasteiger partial charge >= 0.3 is 0 Å². The molecule has 1 saturated heterocycles. The normalized spacial score (nSPS) is 19.4. The minimum Gasteiger partial charge on any atom is -0.339 e. The van der Waals surface area contributed by atoms with Gasteiger partial charge in [-0.15, -0.1) is 5.10 Å². The molecule has 3 rings (SSSR count). The van der Waals surface area contributed by atoms with Crippen LogP contribution < -0.4 is 10.2 Å². The van der Waals surface area contributed by atoms with Crippen molar-refractivity contribution in [3.63, 3.8) is 0 Å². The number of thiophene rings is 1. The minimum atomic E-state index is 0.701. The maximum absolute atomic E-state index is 4.65. The van der Waals surface area contributed by atoms with Gasteiger partial charge in [0.1, 0.15) is 5.82 Å².